The zero-order valence-corrected chi connectivity index (χ0v) is 17.3. The van der Waals surface area contributed by atoms with Gasteiger partial charge in [0.25, 0.3) is 0 Å². The first-order valence-electron chi connectivity index (χ1n) is 8.85. The molecule has 4 rings (SSSR count). The molecule has 136 valence electrons. The first-order valence-corrected chi connectivity index (χ1v) is 10.5. The van der Waals surface area contributed by atoms with Crippen LogP contribution in [0.25, 0.3) is 4.96 Å². The van der Waals surface area contributed by atoms with E-state index in [1.54, 1.807) is 11.3 Å². The van der Waals surface area contributed by atoms with Gasteiger partial charge in [-0.3, -0.25) is 4.40 Å². The number of rotatable bonds is 1. The molecule has 5 nitrogen and oxygen atoms in total. The van der Waals surface area contributed by atoms with Crippen LogP contribution in [0.2, 0.25) is 0 Å². The summed E-state index contributed by atoms with van der Waals surface area (Å²) in [7, 11) is 0. The normalized spacial score (nSPS) is 20.9. The molecule has 0 N–H and O–H groups in total. The number of aromatic nitrogens is 2. The predicted molar refractivity (Wildman–Crippen MR) is 102 cm³/mol. The van der Waals surface area contributed by atoms with Crippen molar-refractivity contribution >= 4 is 38.3 Å². The molecule has 2 aromatic rings. The van der Waals surface area contributed by atoms with E-state index in [1.165, 1.54) is 18.5 Å². The van der Waals surface area contributed by atoms with Crippen LogP contribution in [0.4, 0.5) is 4.79 Å². The molecule has 1 aliphatic carbocycles. The fraction of sp³-hybridized carbons (Fsp3) is 0.667. The number of hydrogen-bond donors (Lipinski definition) is 0. The maximum absolute atomic E-state index is 12.2. The van der Waals surface area contributed by atoms with E-state index in [2.05, 4.69) is 32.7 Å². The quantitative estimate of drug-likeness (QED) is 0.641. The summed E-state index contributed by atoms with van der Waals surface area (Å²) in [5, 5.41) is 0. The third-order valence-corrected chi connectivity index (χ3v) is 6.87. The molecule has 0 unspecified atom stereocenters. The molecule has 0 radical (unpaired) electrons. The molecule has 1 amide bonds. The summed E-state index contributed by atoms with van der Waals surface area (Å²) in [6, 6.07) is 0. The lowest BCUT2D eigenvalue weighted by Gasteiger charge is -2.51. The van der Waals surface area contributed by atoms with Gasteiger partial charge in [0.15, 0.2) is 4.96 Å². The van der Waals surface area contributed by atoms with E-state index >= 15 is 0 Å². The predicted octanol–water partition coefficient (Wildman–Crippen LogP) is 5.05. The van der Waals surface area contributed by atoms with Crippen molar-refractivity contribution < 1.29 is 9.53 Å². The van der Waals surface area contributed by atoms with Crippen molar-refractivity contribution in [3.05, 3.63) is 21.9 Å². The summed E-state index contributed by atoms with van der Waals surface area (Å²) in [6.07, 6.45) is 8.63. The molecule has 0 aromatic carbocycles. The Morgan fingerprint density at radius 2 is 2.00 bits per heavy atom. The van der Waals surface area contributed by atoms with Crippen molar-refractivity contribution in [1.82, 2.24) is 14.3 Å². The summed E-state index contributed by atoms with van der Waals surface area (Å²) in [6.45, 7) is 7.38. The molecule has 1 saturated carbocycles. The Hall–Kier alpha value is -1.08. The average Bonchev–Trinajstić information content (AvgIpc) is 3.00. The number of fused-ring (bicyclic) bond motifs is 1. The third kappa shape index (κ3) is 3.45. The highest BCUT2D eigenvalue weighted by Crippen LogP contribution is 2.56. The monoisotopic (exact) mass is 425 g/mol. The maximum Gasteiger partial charge on any atom is 0.410 e. The topological polar surface area (TPSA) is 46.8 Å². The van der Waals surface area contributed by atoms with Crippen molar-refractivity contribution in [3.63, 3.8) is 0 Å². The van der Waals surface area contributed by atoms with Gasteiger partial charge < -0.3 is 9.64 Å². The second-order valence-corrected chi connectivity index (χ2v) is 10.9. The zero-order valence-electron chi connectivity index (χ0n) is 14.9. The number of carbonyl (C=O) groups excluding carboxylic acids is 1. The zero-order chi connectivity index (χ0) is 17.8. The van der Waals surface area contributed by atoms with E-state index in [0.717, 1.165) is 34.7 Å². The summed E-state index contributed by atoms with van der Waals surface area (Å²) in [4.78, 5) is 19.9. The van der Waals surface area contributed by atoms with E-state index < -0.39 is 5.60 Å². The van der Waals surface area contributed by atoms with E-state index in [1.807, 2.05) is 25.7 Å². The van der Waals surface area contributed by atoms with Crippen LogP contribution in [0, 0.1) is 5.41 Å². The molecule has 25 heavy (non-hydrogen) atoms. The van der Waals surface area contributed by atoms with Gasteiger partial charge in [0, 0.05) is 31.4 Å². The molecule has 2 aromatic heterocycles. The largest absolute Gasteiger partial charge is 0.444 e. The lowest BCUT2D eigenvalue weighted by Crippen LogP contribution is -2.49. The van der Waals surface area contributed by atoms with Crippen LogP contribution >= 0.6 is 27.3 Å². The van der Waals surface area contributed by atoms with Gasteiger partial charge in [-0.05, 0) is 67.8 Å². The van der Waals surface area contributed by atoms with Crippen molar-refractivity contribution in [2.75, 3.05) is 13.1 Å². The molecule has 0 atom stereocenters. The van der Waals surface area contributed by atoms with Crippen molar-refractivity contribution in [1.29, 1.82) is 0 Å². The Labute approximate surface area is 160 Å². The summed E-state index contributed by atoms with van der Waals surface area (Å²) in [5.74, 6) is 0.568. The highest BCUT2D eigenvalue weighted by molar-refractivity contribution is 9.11. The van der Waals surface area contributed by atoms with E-state index in [-0.39, 0.29) is 6.09 Å². The van der Waals surface area contributed by atoms with Crippen LogP contribution in [0.3, 0.4) is 0 Å². The lowest BCUT2D eigenvalue weighted by atomic mass is 9.57. The summed E-state index contributed by atoms with van der Waals surface area (Å²) < 4.78 is 8.72. The third-order valence-electron chi connectivity index (χ3n) is 5.40. The summed E-state index contributed by atoms with van der Waals surface area (Å²) >= 11 is 5.17. The Bertz CT molecular complexity index is 759. The molecular weight excluding hydrogens is 402 g/mol. The number of halogens is 1. The number of nitrogens with zero attached hydrogens (tertiary/aromatic N) is 3. The second kappa shape index (κ2) is 5.98. The van der Waals surface area contributed by atoms with Crippen LogP contribution < -0.4 is 0 Å². The highest BCUT2D eigenvalue weighted by Gasteiger charge is 2.47. The van der Waals surface area contributed by atoms with Gasteiger partial charge in [0.05, 0.1) is 9.48 Å². The number of likely N-dealkylation sites (tertiary alicyclic amines) is 1. The molecule has 1 spiro atoms. The van der Waals surface area contributed by atoms with Crippen molar-refractivity contribution in [2.24, 2.45) is 5.41 Å². The lowest BCUT2D eigenvalue weighted by molar-refractivity contribution is -0.0125. The van der Waals surface area contributed by atoms with Gasteiger partial charge in [-0.25, -0.2) is 9.78 Å². The van der Waals surface area contributed by atoms with Crippen LogP contribution in [0.15, 0.2) is 16.2 Å². The van der Waals surface area contributed by atoms with E-state index in [0.29, 0.717) is 11.3 Å². The number of carbonyl (C=O) groups is 1. The molecule has 3 heterocycles. The molecule has 7 heteroatoms. The molecule has 1 aliphatic heterocycles. The molecule has 0 bridgehead atoms. The van der Waals surface area contributed by atoms with Gasteiger partial charge in [0.1, 0.15) is 5.60 Å². The van der Waals surface area contributed by atoms with Crippen LogP contribution in [-0.2, 0) is 4.74 Å². The second-order valence-electron chi connectivity index (χ2n) is 8.46. The van der Waals surface area contributed by atoms with Gasteiger partial charge in [-0.1, -0.05) is 11.3 Å². The molecule has 2 aliphatic rings. The Balaban J connectivity index is 1.33. The van der Waals surface area contributed by atoms with Gasteiger partial charge in [-0.2, -0.15) is 0 Å². The van der Waals surface area contributed by atoms with E-state index in [9.17, 15) is 4.79 Å². The first-order chi connectivity index (χ1) is 11.7. The SMILES string of the molecule is CC(C)(C)OC(=O)N1CCC2(CC1)CC(c1cn3cc(Br)sc3n1)C2. The van der Waals surface area contributed by atoms with Crippen LogP contribution in [0.5, 0.6) is 0 Å². The van der Waals surface area contributed by atoms with Gasteiger partial charge >= 0.3 is 6.09 Å². The fourth-order valence-corrected chi connectivity index (χ4v) is 5.43. The fourth-order valence-electron chi connectivity index (χ4n) is 4.08. The number of amides is 1. The van der Waals surface area contributed by atoms with Crippen LogP contribution in [-0.4, -0.2) is 39.1 Å². The maximum atomic E-state index is 12.2. The Morgan fingerprint density at radius 3 is 2.60 bits per heavy atom. The minimum absolute atomic E-state index is 0.168. The Morgan fingerprint density at radius 1 is 1.32 bits per heavy atom. The number of thiazole rings is 1. The smallest absolute Gasteiger partial charge is 0.410 e. The molecular formula is C18H24BrN3O2S. The number of piperidine rings is 1. The van der Waals surface area contributed by atoms with Crippen molar-refractivity contribution in [3.8, 4) is 0 Å². The minimum atomic E-state index is -0.420. The number of ether oxygens (including phenoxy) is 1. The van der Waals surface area contributed by atoms with E-state index in [4.69, 9.17) is 9.72 Å². The average molecular weight is 426 g/mol. The minimum Gasteiger partial charge on any atom is -0.444 e. The molecule has 1 saturated heterocycles. The van der Waals surface area contributed by atoms with Gasteiger partial charge in [-0.15, -0.1) is 0 Å². The first kappa shape index (κ1) is 17.3. The molecule has 2 fully saturated rings. The highest BCUT2D eigenvalue weighted by atomic mass is 79.9. The number of imidazole rings is 1. The number of hydrogen-bond acceptors (Lipinski definition) is 4. The summed E-state index contributed by atoms with van der Waals surface area (Å²) in [5.41, 5.74) is 1.20. The Kier molecular flexibility index (Phi) is 4.15. The van der Waals surface area contributed by atoms with Gasteiger partial charge in [0.2, 0.25) is 0 Å². The van der Waals surface area contributed by atoms with Crippen molar-refractivity contribution in [2.45, 2.75) is 58.0 Å². The standard InChI is InChI=1S/C18H24BrN3O2S/c1-17(2,3)24-16(23)21-6-4-18(5-7-21)8-12(9-18)13-10-22-11-14(19)25-15(22)20-13/h10-12H,4-9H2,1-3H3. The van der Waals surface area contributed by atoms with Crippen LogP contribution in [0.1, 0.15) is 58.1 Å².